The number of benzene rings is 2. The molecule has 1 fully saturated rings. The monoisotopic (exact) mass is 442 g/mol. The van der Waals surface area contributed by atoms with Gasteiger partial charge in [-0.15, -0.1) is 0 Å². The second kappa shape index (κ2) is 8.34. The molecule has 1 aromatic heterocycles. The number of hydrogen-bond donors (Lipinski definition) is 2. The number of carbonyl (C=O) groups is 2. The van der Waals surface area contributed by atoms with Crippen molar-refractivity contribution in [3.05, 3.63) is 65.9 Å². The van der Waals surface area contributed by atoms with E-state index >= 15 is 0 Å². The molecule has 0 bridgehead atoms. The normalized spacial score (nSPS) is 16.9. The summed E-state index contributed by atoms with van der Waals surface area (Å²) in [4.78, 5) is 38.6. The van der Waals surface area contributed by atoms with Crippen molar-refractivity contribution in [1.82, 2.24) is 9.97 Å². The lowest BCUT2D eigenvalue weighted by Gasteiger charge is -2.23. The highest BCUT2D eigenvalue weighted by atomic mass is 16.5. The first-order valence-electron chi connectivity index (χ1n) is 10.6. The number of nitrogens with two attached hydrogens (primary N) is 2. The van der Waals surface area contributed by atoms with Gasteiger partial charge >= 0.3 is 0 Å². The van der Waals surface area contributed by atoms with Crippen LogP contribution in [-0.4, -0.2) is 46.6 Å². The van der Waals surface area contributed by atoms with Gasteiger partial charge in [0.2, 0.25) is 5.91 Å². The standard InChI is InChI=1S/C24H22N6O3/c25-22(31)18-12-21(30-11-1-2-20(30)23(26)32)29-24(28-18)15-5-9-17(10-6-15)33-16-7-3-14(4-8-16)19-13-27-19/h3-10,12,20H,1-2,11,13H2,(H2,25,31)(H2,26,32)/t20-/m0/s1. The molecule has 3 aromatic rings. The summed E-state index contributed by atoms with van der Waals surface area (Å²) in [5, 5.41) is 0. The van der Waals surface area contributed by atoms with Crippen LogP contribution in [0, 0.1) is 0 Å². The summed E-state index contributed by atoms with van der Waals surface area (Å²) >= 11 is 0. The molecule has 1 saturated heterocycles. The largest absolute Gasteiger partial charge is 0.457 e. The molecule has 33 heavy (non-hydrogen) atoms. The highest BCUT2D eigenvalue weighted by Gasteiger charge is 2.31. The fourth-order valence-corrected chi connectivity index (χ4v) is 3.92. The molecule has 0 saturated carbocycles. The maximum atomic E-state index is 11.9. The maximum absolute atomic E-state index is 11.9. The second-order valence-electron chi connectivity index (χ2n) is 7.97. The number of rotatable bonds is 7. The van der Waals surface area contributed by atoms with Gasteiger partial charge in [-0.1, -0.05) is 0 Å². The van der Waals surface area contributed by atoms with Crippen LogP contribution in [0.5, 0.6) is 11.5 Å². The van der Waals surface area contributed by atoms with Crippen LogP contribution >= 0.6 is 0 Å². The summed E-state index contributed by atoms with van der Waals surface area (Å²) < 4.78 is 5.92. The van der Waals surface area contributed by atoms with Crippen molar-refractivity contribution in [3.63, 3.8) is 0 Å². The summed E-state index contributed by atoms with van der Waals surface area (Å²) in [6, 6.07) is 16.0. The van der Waals surface area contributed by atoms with E-state index < -0.39 is 17.9 Å². The SMILES string of the molecule is NC(=O)c1cc(N2CCC[C@H]2C(N)=O)nc(-c2ccc(Oc3ccc(C4=NC4)cc3)cc2)n1. The topological polar surface area (TPSA) is 137 Å². The van der Waals surface area contributed by atoms with Crippen LogP contribution in [0.1, 0.15) is 28.9 Å². The van der Waals surface area contributed by atoms with Crippen LogP contribution in [0.25, 0.3) is 11.4 Å². The Morgan fingerprint density at radius 2 is 1.58 bits per heavy atom. The number of nitrogens with zero attached hydrogens (tertiary/aromatic N) is 4. The average molecular weight is 442 g/mol. The van der Waals surface area contributed by atoms with Gasteiger partial charge in [0, 0.05) is 18.2 Å². The van der Waals surface area contributed by atoms with Gasteiger partial charge in [0.05, 0.1) is 12.3 Å². The van der Waals surface area contributed by atoms with E-state index in [4.69, 9.17) is 16.2 Å². The van der Waals surface area contributed by atoms with Crippen LogP contribution < -0.4 is 21.1 Å². The Morgan fingerprint density at radius 3 is 2.15 bits per heavy atom. The Morgan fingerprint density at radius 1 is 0.939 bits per heavy atom. The Kier molecular flexibility index (Phi) is 5.21. The van der Waals surface area contributed by atoms with E-state index in [9.17, 15) is 9.59 Å². The first kappa shape index (κ1) is 20.6. The lowest BCUT2D eigenvalue weighted by Crippen LogP contribution is -2.41. The molecule has 0 aliphatic carbocycles. The molecule has 9 heteroatoms. The minimum atomic E-state index is -0.671. The molecule has 9 nitrogen and oxygen atoms in total. The third kappa shape index (κ3) is 4.38. The van der Waals surface area contributed by atoms with Crippen molar-refractivity contribution in [3.8, 4) is 22.9 Å². The van der Waals surface area contributed by atoms with Crippen molar-refractivity contribution in [2.24, 2.45) is 16.5 Å². The lowest BCUT2D eigenvalue weighted by molar-refractivity contribution is -0.119. The Hall–Kier alpha value is -4.27. The molecule has 1 atom stereocenters. The molecule has 2 aliphatic rings. The maximum Gasteiger partial charge on any atom is 0.267 e. The second-order valence-corrected chi connectivity index (χ2v) is 7.97. The molecule has 5 rings (SSSR count). The first-order chi connectivity index (χ1) is 16.0. The van der Waals surface area contributed by atoms with Gasteiger partial charge in [-0.3, -0.25) is 14.6 Å². The molecule has 0 unspecified atom stereocenters. The average Bonchev–Trinajstić information content (AvgIpc) is 3.55. The summed E-state index contributed by atoms with van der Waals surface area (Å²) in [5.74, 6) is 1.06. The van der Waals surface area contributed by atoms with Crippen molar-refractivity contribution < 1.29 is 14.3 Å². The van der Waals surface area contributed by atoms with Crippen molar-refractivity contribution in [2.75, 3.05) is 18.0 Å². The summed E-state index contributed by atoms with van der Waals surface area (Å²) in [5.41, 5.74) is 14.0. The van der Waals surface area contributed by atoms with Crippen molar-refractivity contribution >= 4 is 23.3 Å². The minimum Gasteiger partial charge on any atom is -0.457 e. The third-order valence-corrected chi connectivity index (χ3v) is 5.69. The molecule has 0 radical (unpaired) electrons. The van der Waals surface area contributed by atoms with Gasteiger partial charge in [0.15, 0.2) is 5.82 Å². The summed E-state index contributed by atoms with van der Waals surface area (Å²) in [6.07, 6.45) is 1.45. The molecule has 0 spiro atoms. The Bertz CT molecular complexity index is 1250. The number of ether oxygens (including phenoxy) is 1. The molecule has 166 valence electrons. The number of aliphatic imine (C=N–C) groups is 1. The quantitative estimate of drug-likeness (QED) is 0.576. The van der Waals surface area contributed by atoms with Crippen molar-refractivity contribution in [2.45, 2.75) is 18.9 Å². The van der Waals surface area contributed by atoms with E-state index in [1.165, 1.54) is 6.07 Å². The molecule has 2 aromatic carbocycles. The van der Waals surface area contributed by atoms with Gasteiger partial charge in [-0.05, 0) is 66.9 Å². The van der Waals surface area contributed by atoms with Crippen LogP contribution in [0.3, 0.4) is 0 Å². The van der Waals surface area contributed by atoms with Gasteiger partial charge in [0.1, 0.15) is 29.1 Å². The highest BCUT2D eigenvalue weighted by Crippen LogP contribution is 2.29. The molecular formula is C24H22N6O3. The molecule has 4 N–H and O–H groups in total. The Labute approximate surface area is 190 Å². The van der Waals surface area contributed by atoms with Gasteiger partial charge in [0.25, 0.3) is 5.91 Å². The first-order valence-corrected chi connectivity index (χ1v) is 10.6. The molecule has 3 heterocycles. The highest BCUT2D eigenvalue weighted by molar-refractivity contribution is 6.10. The van der Waals surface area contributed by atoms with E-state index in [1.54, 1.807) is 17.0 Å². The lowest BCUT2D eigenvalue weighted by atomic mass is 10.1. The van der Waals surface area contributed by atoms with E-state index in [0.717, 1.165) is 24.2 Å². The fraction of sp³-hybridized carbons (Fsp3) is 0.208. The summed E-state index contributed by atoms with van der Waals surface area (Å²) in [7, 11) is 0. The van der Waals surface area contributed by atoms with Gasteiger partial charge < -0.3 is 21.1 Å². The van der Waals surface area contributed by atoms with Crippen LogP contribution in [0.15, 0.2) is 59.6 Å². The predicted octanol–water partition coefficient (Wildman–Crippen LogP) is 2.29. The fourth-order valence-electron chi connectivity index (χ4n) is 3.92. The predicted molar refractivity (Wildman–Crippen MR) is 123 cm³/mol. The van der Waals surface area contributed by atoms with E-state index in [1.807, 2.05) is 36.4 Å². The van der Waals surface area contributed by atoms with Gasteiger partial charge in [-0.2, -0.15) is 0 Å². The molecule has 2 aliphatic heterocycles. The number of primary amides is 2. The van der Waals surface area contributed by atoms with Crippen LogP contribution in [-0.2, 0) is 4.79 Å². The third-order valence-electron chi connectivity index (χ3n) is 5.69. The van der Waals surface area contributed by atoms with Gasteiger partial charge in [-0.25, -0.2) is 9.97 Å². The summed E-state index contributed by atoms with van der Waals surface area (Å²) in [6.45, 7) is 1.42. The van der Waals surface area contributed by atoms with E-state index in [2.05, 4.69) is 15.0 Å². The van der Waals surface area contributed by atoms with Crippen molar-refractivity contribution in [1.29, 1.82) is 0 Å². The molecule has 2 amide bonds. The molecular weight excluding hydrogens is 420 g/mol. The Balaban J connectivity index is 1.40. The van der Waals surface area contributed by atoms with Crippen LogP contribution in [0.2, 0.25) is 0 Å². The zero-order valence-corrected chi connectivity index (χ0v) is 17.8. The van der Waals surface area contributed by atoms with E-state index in [-0.39, 0.29) is 5.69 Å². The smallest absolute Gasteiger partial charge is 0.267 e. The van der Waals surface area contributed by atoms with Crippen LogP contribution in [0.4, 0.5) is 5.82 Å². The zero-order chi connectivity index (χ0) is 22.9. The number of carbonyl (C=O) groups excluding carboxylic acids is 2. The number of hydrogen-bond acceptors (Lipinski definition) is 7. The number of anilines is 1. The van der Waals surface area contributed by atoms with E-state index in [0.29, 0.717) is 41.7 Å². The zero-order valence-electron chi connectivity index (χ0n) is 17.8. The number of aromatic nitrogens is 2. The minimum absolute atomic E-state index is 0.0748. The number of amides is 2.